The van der Waals surface area contributed by atoms with Crippen molar-refractivity contribution in [2.75, 3.05) is 18.6 Å². The first-order valence-electron chi connectivity index (χ1n) is 12.0. The summed E-state index contributed by atoms with van der Waals surface area (Å²) in [4.78, 5) is 23.2. The van der Waals surface area contributed by atoms with E-state index in [9.17, 15) is 18.3 Å². The van der Waals surface area contributed by atoms with Gasteiger partial charge in [-0.2, -0.15) is 14.7 Å². The molecule has 4 aromatic rings. The highest BCUT2D eigenvalue weighted by Gasteiger charge is 2.45. The molecule has 3 N–H and O–H groups in total. The fourth-order valence-electron chi connectivity index (χ4n) is 5.84. The van der Waals surface area contributed by atoms with Crippen LogP contribution in [0.1, 0.15) is 37.3 Å². The van der Waals surface area contributed by atoms with Crippen LogP contribution in [0.15, 0.2) is 47.9 Å². The van der Waals surface area contributed by atoms with Gasteiger partial charge in [0.2, 0.25) is 5.91 Å². The molecule has 0 aromatic carbocycles. The largest absolute Gasteiger partial charge is 0.387 e. The van der Waals surface area contributed by atoms with Gasteiger partial charge in [0.05, 0.1) is 18.1 Å². The third-order valence-corrected chi connectivity index (χ3v) is 8.51. The molecule has 0 saturated carbocycles. The first kappa shape index (κ1) is 23.6. The van der Waals surface area contributed by atoms with Crippen molar-refractivity contribution < 1.29 is 18.3 Å². The zero-order valence-electron chi connectivity index (χ0n) is 20.1. The average molecular weight is 523 g/mol. The molecule has 0 unspecified atom stereocenters. The number of sulfone groups is 1. The highest BCUT2D eigenvalue weighted by molar-refractivity contribution is 7.91. The number of amides is 1. The normalized spacial score (nSPS) is 21.6. The molecule has 2 aliphatic rings. The lowest BCUT2D eigenvalue weighted by molar-refractivity contribution is -0.138. The van der Waals surface area contributed by atoms with Gasteiger partial charge >= 0.3 is 0 Å². The van der Waals surface area contributed by atoms with Gasteiger partial charge in [-0.3, -0.25) is 4.79 Å². The van der Waals surface area contributed by atoms with E-state index in [4.69, 9.17) is 10.7 Å². The van der Waals surface area contributed by atoms with Crippen LogP contribution in [-0.2, 0) is 14.6 Å². The highest BCUT2D eigenvalue weighted by atomic mass is 32.2. The summed E-state index contributed by atoms with van der Waals surface area (Å²) in [5.41, 5.74) is 8.66. The third kappa shape index (κ3) is 3.85. The molecule has 2 fully saturated rings. The molecule has 0 spiro atoms. The molecule has 3 atom stereocenters. The summed E-state index contributed by atoms with van der Waals surface area (Å²) in [6.45, 7) is -0.533. The monoisotopic (exact) mass is 522 g/mol. The van der Waals surface area contributed by atoms with Crippen LogP contribution in [0.2, 0.25) is 0 Å². The lowest BCUT2D eigenvalue weighted by Crippen LogP contribution is -2.47. The SMILES string of the molecule is CS(=O)(=O)c1c([C@H]2C[C@H]3CC[C@@H](C2)N3C(=O)CO)nc2c(-c3cnn(-c4ccccn4)c3)cnn2c1N. The van der Waals surface area contributed by atoms with Gasteiger partial charge in [-0.1, -0.05) is 6.07 Å². The van der Waals surface area contributed by atoms with Crippen LogP contribution in [0.3, 0.4) is 0 Å². The Bertz CT molecular complexity index is 1600. The minimum absolute atomic E-state index is 0.00655. The quantitative estimate of drug-likeness (QED) is 0.392. The Balaban J connectivity index is 1.46. The fourth-order valence-corrected chi connectivity index (χ4v) is 6.90. The van der Waals surface area contributed by atoms with Gasteiger partial charge < -0.3 is 15.7 Å². The lowest BCUT2D eigenvalue weighted by Gasteiger charge is -2.39. The van der Waals surface area contributed by atoms with Crippen molar-refractivity contribution >= 4 is 27.2 Å². The number of nitrogens with zero attached hydrogens (tertiary/aromatic N) is 7. The van der Waals surface area contributed by atoms with Crippen molar-refractivity contribution in [3.8, 4) is 16.9 Å². The number of hydrogen-bond donors (Lipinski definition) is 2. The second kappa shape index (κ2) is 8.63. The van der Waals surface area contributed by atoms with Crippen molar-refractivity contribution in [3.63, 3.8) is 0 Å². The van der Waals surface area contributed by atoms with Gasteiger partial charge in [-0.15, -0.1) is 0 Å². The summed E-state index contributed by atoms with van der Waals surface area (Å²) in [6.07, 6.45) is 10.6. The number of aromatic nitrogens is 6. The lowest BCUT2D eigenvalue weighted by atomic mass is 9.87. The maximum atomic E-state index is 12.9. The molecule has 2 bridgehead atoms. The van der Waals surface area contributed by atoms with Crippen molar-refractivity contribution in [2.45, 2.75) is 48.6 Å². The molecular formula is C24H26N8O4S. The van der Waals surface area contributed by atoms with Crippen LogP contribution in [0, 0.1) is 0 Å². The molecule has 6 rings (SSSR count). The van der Waals surface area contributed by atoms with E-state index in [1.807, 2.05) is 18.2 Å². The predicted molar refractivity (Wildman–Crippen MR) is 134 cm³/mol. The van der Waals surface area contributed by atoms with E-state index in [1.165, 1.54) is 4.52 Å². The number of aliphatic hydroxyl groups is 1. The van der Waals surface area contributed by atoms with E-state index in [0.29, 0.717) is 35.6 Å². The summed E-state index contributed by atoms with van der Waals surface area (Å²) in [5.74, 6) is 0.154. The molecule has 0 radical (unpaired) electrons. The second-order valence-electron chi connectivity index (χ2n) is 9.65. The summed E-state index contributed by atoms with van der Waals surface area (Å²) in [5, 5.41) is 18.2. The number of nitrogens with two attached hydrogens (primary N) is 1. The highest BCUT2D eigenvalue weighted by Crippen LogP contribution is 2.45. The van der Waals surface area contributed by atoms with E-state index in [1.54, 1.807) is 34.4 Å². The summed E-state index contributed by atoms with van der Waals surface area (Å²) >= 11 is 0. The van der Waals surface area contributed by atoms with Crippen LogP contribution in [0.25, 0.3) is 22.6 Å². The summed E-state index contributed by atoms with van der Waals surface area (Å²) < 4.78 is 28.8. The van der Waals surface area contributed by atoms with Gasteiger partial charge in [-0.05, 0) is 37.8 Å². The van der Waals surface area contributed by atoms with E-state index < -0.39 is 16.4 Å². The molecule has 2 aliphatic heterocycles. The standard InChI is InChI=1S/C24H26N8O4S/c1-37(35,36)22-21(14-8-16-5-6-17(9-14)31(16)20(34)13-33)29-24-18(11-28-32(24)23(22)25)15-10-27-30(12-15)19-4-2-3-7-26-19/h2-4,7,10-12,14,16-17,33H,5-6,8-9,13,25H2,1H3/t14-,16+,17-. The number of pyridine rings is 1. The number of nitrogen functional groups attached to an aromatic ring is 1. The minimum atomic E-state index is -3.73. The Morgan fingerprint density at radius 2 is 1.92 bits per heavy atom. The van der Waals surface area contributed by atoms with Crippen LogP contribution in [0.4, 0.5) is 5.82 Å². The Labute approximate surface area is 212 Å². The number of carbonyl (C=O) groups excluding carboxylic acids is 1. The molecule has 0 aliphatic carbocycles. The maximum Gasteiger partial charge on any atom is 0.248 e. The predicted octanol–water partition coefficient (Wildman–Crippen LogP) is 1.19. The van der Waals surface area contributed by atoms with Gasteiger partial charge in [0, 0.05) is 47.8 Å². The van der Waals surface area contributed by atoms with E-state index in [2.05, 4.69) is 15.2 Å². The van der Waals surface area contributed by atoms with Crippen molar-refractivity contribution in [1.82, 2.24) is 34.3 Å². The van der Waals surface area contributed by atoms with Gasteiger partial charge in [-0.25, -0.2) is 23.1 Å². The smallest absolute Gasteiger partial charge is 0.248 e. The van der Waals surface area contributed by atoms with Crippen LogP contribution in [-0.4, -0.2) is 78.6 Å². The number of rotatable bonds is 5. The molecule has 6 heterocycles. The minimum Gasteiger partial charge on any atom is -0.387 e. The molecule has 12 nitrogen and oxygen atoms in total. The first-order valence-corrected chi connectivity index (χ1v) is 13.9. The van der Waals surface area contributed by atoms with Gasteiger partial charge in [0.25, 0.3) is 0 Å². The molecule has 1 amide bonds. The number of anilines is 1. The molecule has 2 saturated heterocycles. The van der Waals surface area contributed by atoms with Crippen LogP contribution >= 0.6 is 0 Å². The first-order chi connectivity index (χ1) is 17.8. The van der Waals surface area contributed by atoms with Crippen LogP contribution in [0.5, 0.6) is 0 Å². The Morgan fingerprint density at radius 3 is 2.57 bits per heavy atom. The van der Waals surface area contributed by atoms with E-state index >= 15 is 0 Å². The topological polar surface area (TPSA) is 162 Å². The van der Waals surface area contributed by atoms with E-state index in [-0.39, 0.29) is 34.6 Å². The average Bonchev–Trinajstić information content (AvgIpc) is 3.59. The van der Waals surface area contributed by atoms with Crippen molar-refractivity contribution in [3.05, 3.63) is 48.7 Å². The number of hydrogen-bond acceptors (Lipinski definition) is 9. The van der Waals surface area contributed by atoms with Gasteiger partial charge in [0.1, 0.15) is 17.3 Å². The number of piperidine rings is 1. The molecule has 4 aromatic heterocycles. The van der Waals surface area contributed by atoms with Crippen molar-refractivity contribution in [1.29, 1.82) is 0 Å². The summed E-state index contributed by atoms with van der Waals surface area (Å²) in [6, 6.07) is 5.38. The second-order valence-corrected chi connectivity index (χ2v) is 11.6. The Hall–Kier alpha value is -3.84. The van der Waals surface area contributed by atoms with Crippen molar-refractivity contribution in [2.24, 2.45) is 0 Å². The molecule has 192 valence electrons. The molecular weight excluding hydrogens is 496 g/mol. The maximum absolute atomic E-state index is 12.9. The number of aliphatic hydroxyl groups excluding tert-OH is 1. The van der Waals surface area contributed by atoms with E-state index in [0.717, 1.165) is 24.7 Å². The Kier molecular flexibility index (Phi) is 5.49. The summed E-state index contributed by atoms with van der Waals surface area (Å²) in [7, 11) is -3.73. The molecule has 37 heavy (non-hydrogen) atoms. The zero-order chi connectivity index (χ0) is 25.9. The Morgan fingerprint density at radius 1 is 1.16 bits per heavy atom. The number of carbonyl (C=O) groups is 1. The third-order valence-electron chi connectivity index (χ3n) is 7.36. The van der Waals surface area contributed by atoms with Crippen LogP contribution < -0.4 is 5.73 Å². The van der Waals surface area contributed by atoms with Gasteiger partial charge in [0.15, 0.2) is 21.3 Å². The fraction of sp³-hybridized carbons (Fsp3) is 0.375. The zero-order valence-corrected chi connectivity index (χ0v) is 20.9. The molecule has 13 heteroatoms. The number of fused-ring (bicyclic) bond motifs is 3.